The van der Waals surface area contributed by atoms with E-state index in [2.05, 4.69) is 30.0 Å². The van der Waals surface area contributed by atoms with Crippen molar-refractivity contribution in [3.05, 3.63) is 72.7 Å². The van der Waals surface area contributed by atoms with E-state index in [1.807, 2.05) is 73.9 Å². The van der Waals surface area contributed by atoms with Crippen LogP contribution in [-0.4, -0.2) is 48.6 Å². The maximum Gasteiger partial charge on any atom is 0.251 e. The summed E-state index contributed by atoms with van der Waals surface area (Å²) >= 11 is 0. The van der Waals surface area contributed by atoms with E-state index < -0.39 is 6.04 Å². The summed E-state index contributed by atoms with van der Waals surface area (Å²) in [6.07, 6.45) is 14.3. The topological polar surface area (TPSA) is 88.8 Å². The number of aromatic nitrogens is 5. The molecule has 1 amide bonds. The highest BCUT2D eigenvalue weighted by Crippen LogP contribution is 2.37. The molecule has 0 spiro atoms. The van der Waals surface area contributed by atoms with Crippen LogP contribution in [0.25, 0.3) is 17.0 Å². The Hall–Kier alpha value is -3.81. The van der Waals surface area contributed by atoms with Gasteiger partial charge in [0.25, 0.3) is 5.91 Å². The molecule has 32 heavy (non-hydrogen) atoms. The van der Waals surface area contributed by atoms with Gasteiger partial charge in [0.05, 0.1) is 0 Å². The SMILES string of the molecule is CCc1ncc(C2=CC(C(=O)Nc3cccc(-c4nncn4C4CC4)c3)N(C)C=C2)cn1. The average molecular weight is 428 g/mol. The van der Waals surface area contributed by atoms with Crippen LogP contribution in [0.2, 0.25) is 0 Å². The van der Waals surface area contributed by atoms with Crippen molar-refractivity contribution in [3.8, 4) is 11.4 Å². The predicted molar refractivity (Wildman–Crippen MR) is 122 cm³/mol. The van der Waals surface area contributed by atoms with E-state index in [0.717, 1.165) is 53.3 Å². The molecule has 1 atom stereocenters. The third kappa shape index (κ3) is 4.03. The zero-order chi connectivity index (χ0) is 22.1. The van der Waals surface area contributed by atoms with Crippen LogP contribution in [0.5, 0.6) is 0 Å². The summed E-state index contributed by atoms with van der Waals surface area (Å²) in [7, 11) is 1.89. The van der Waals surface area contributed by atoms with Gasteiger partial charge in [-0.3, -0.25) is 4.79 Å². The van der Waals surface area contributed by atoms with Crippen LogP contribution in [0.15, 0.2) is 61.3 Å². The number of benzene rings is 1. The van der Waals surface area contributed by atoms with Crippen LogP contribution >= 0.6 is 0 Å². The molecule has 1 aliphatic carbocycles. The molecule has 1 N–H and O–H groups in total. The van der Waals surface area contributed by atoms with Crippen LogP contribution in [0.3, 0.4) is 0 Å². The molecule has 162 valence electrons. The van der Waals surface area contributed by atoms with Gasteiger partial charge < -0.3 is 14.8 Å². The molecular weight excluding hydrogens is 402 g/mol. The number of carbonyl (C=O) groups excluding carboxylic acids is 1. The third-order valence-electron chi connectivity index (χ3n) is 5.79. The van der Waals surface area contributed by atoms with Gasteiger partial charge in [-0.05, 0) is 42.7 Å². The zero-order valence-corrected chi connectivity index (χ0v) is 18.1. The molecule has 1 saturated carbocycles. The highest BCUT2D eigenvalue weighted by Gasteiger charge is 2.27. The fraction of sp³-hybridized carbons (Fsp3) is 0.292. The number of hydrogen-bond acceptors (Lipinski definition) is 6. The molecular formula is C24H25N7O. The summed E-state index contributed by atoms with van der Waals surface area (Å²) in [4.78, 5) is 23.8. The lowest BCUT2D eigenvalue weighted by atomic mass is 10.0. The molecule has 8 nitrogen and oxygen atoms in total. The van der Waals surface area contributed by atoms with Crippen molar-refractivity contribution in [1.82, 2.24) is 29.6 Å². The minimum atomic E-state index is -0.445. The maximum atomic E-state index is 13.1. The summed E-state index contributed by atoms with van der Waals surface area (Å²) < 4.78 is 2.11. The summed E-state index contributed by atoms with van der Waals surface area (Å²) in [5.74, 6) is 1.53. The van der Waals surface area contributed by atoms with Crippen molar-refractivity contribution < 1.29 is 4.79 Å². The Morgan fingerprint density at radius 2 is 2.00 bits per heavy atom. The van der Waals surface area contributed by atoms with Gasteiger partial charge in [0.1, 0.15) is 18.2 Å². The number of nitrogens with one attached hydrogen (secondary N) is 1. The molecule has 2 aliphatic rings. The van der Waals surface area contributed by atoms with Gasteiger partial charge >= 0.3 is 0 Å². The summed E-state index contributed by atoms with van der Waals surface area (Å²) in [5, 5.41) is 11.4. The van der Waals surface area contributed by atoms with Gasteiger partial charge in [0.15, 0.2) is 5.82 Å². The number of nitrogens with zero attached hydrogens (tertiary/aromatic N) is 6. The summed E-state index contributed by atoms with van der Waals surface area (Å²) in [5.41, 5.74) is 3.49. The fourth-order valence-corrected chi connectivity index (χ4v) is 3.79. The van der Waals surface area contributed by atoms with E-state index in [1.165, 1.54) is 0 Å². The molecule has 1 fully saturated rings. The molecule has 3 heterocycles. The Bertz CT molecular complexity index is 1190. The van der Waals surface area contributed by atoms with Gasteiger partial charge in [-0.1, -0.05) is 19.1 Å². The van der Waals surface area contributed by atoms with Crippen LogP contribution in [0.1, 0.15) is 37.2 Å². The van der Waals surface area contributed by atoms with Gasteiger partial charge in [0, 0.05) is 54.9 Å². The number of likely N-dealkylation sites (N-methyl/N-ethyl adjacent to an activating group) is 1. The van der Waals surface area contributed by atoms with Gasteiger partial charge in [0.2, 0.25) is 0 Å². The molecule has 0 saturated heterocycles. The smallest absolute Gasteiger partial charge is 0.251 e. The first-order valence-corrected chi connectivity index (χ1v) is 10.9. The number of rotatable bonds is 6. The van der Waals surface area contributed by atoms with E-state index in [4.69, 9.17) is 0 Å². The first kappa shape index (κ1) is 20.1. The van der Waals surface area contributed by atoms with E-state index in [-0.39, 0.29) is 5.91 Å². The highest BCUT2D eigenvalue weighted by molar-refractivity contribution is 5.98. The Morgan fingerprint density at radius 1 is 1.19 bits per heavy atom. The van der Waals surface area contributed by atoms with Crippen molar-refractivity contribution in [2.45, 2.75) is 38.3 Å². The average Bonchev–Trinajstić information content (AvgIpc) is 3.55. The quantitative estimate of drug-likeness (QED) is 0.648. The van der Waals surface area contributed by atoms with Crippen LogP contribution in [0, 0.1) is 0 Å². The molecule has 1 aromatic carbocycles. The number of aryl methyl sites for hydroxylation is 1. The van der Waals surface area contributed by atoms with E-state index in [9.17, 15) is 4.79 Å². The minimum absolute atomic E-state index is 0.110. The zero-order valence-electron chi connectivity index (χ0n) is 18.1. The molecule has 3 aromatic rings. The minimum Gasteiger partial charge on any atom is -0.366 e. The van der Waals surface area contributed by atoms with Crippen molar-refractivity contribution in [3.63, 3.8) is 0 Å². The van der Waals surface area contributed by atoms with E-state index in [1.54, 1.807) is 6.33 Å². The molecule has 8 heteroatoms. The largest absolute Gasteiger partial charge is 0.366 e. The van der Waals surface area contributed by atoms with Crippen LogP contribution < -0.4 is 5.32 Å². The number of allylic oxidation sites excluding steroid dienone is 2. The number of amides is 1. The lowest BCUT2D eigenvalue weighted by molar-refractivity contribution is -0.118. The van der Waals surface area contributed by atoms with Gasteiger partial charge in [-0.15, -0.1) is 10.2 Å². The van der Waals surface area contributed by atoms with Crippen molar-refractivity contribution in [1.29, 1.82) is 0 Å². The van der Waals surface area contributed by atoms with Crippen LogP contribution in [-0.2, 0) is 11.2 Å². The first-order valence-electron chi connectivity index (χ1n) is 10.9. The Morgan fingerprint density at radius 3 is 2.75 bits per heavy atom. The molecule has 0 bridgehead atoms. The van der Waals surface area contributed by atoms with Crippen molar-refractivity contribution >= 4 is 17.2 Å². The fourth-order valence-electron chi connectivity index (χ4n) is 3.79. The van der Waals surface area contributed by atoms with Gasteiger partial charge in [-0.2, -0.15) is 0 Å². The third-order valence-corrected chi connectivity index (χ3v) is 5.79. The summed E-state index contributed by atoms with van der Waals surface area (Å²) in [6.45, 7) is 2.02. The Labute approximate surface area is 186 Å². The Kier molecular flexibility index (Phi) is 5.26. The maximum absolute atomic E-state index is 13.1. The van der Waals surface area contributed by atoms with E-state index in [0.29, 0.717) is 6.04 Å². The van der Waals surface area contributed by atoms with Crippen molar-refractivity contribution in [2.75, 3.05) is 12.4 Å². The monoisotopic (exact) mass is 427 g/mol. The summed E-state index contributed by atoms with van der Waals surface area (Å²) in [6, 6.07) is 7.79. The second-order valence-electron chi connectivity index (χ2n) is 8.15. The molecule has 1 aliphatic heterocycles. The highest BCUT2D eigenvalue weighted by atomic mass is 16.2. The lowest BCUT2D eigenvalue weighted by Gasteiger charge is -2.27. The lowest BCUT2D eigenvalue weighted by Crippen LogP contribution is -2.39. The first-order chi connectivity index (χ1) is 15.6. The molecule has 0 radical (unpaired) electrons. The standard InChI is InChI=1S/C24H25N7O/c1-3-22-25-13-18(14-26-22)16-9-10-30(2)21(12-16)24(32)28-19-6-4-5-17(11-19)23-29-27-15-31(23)20-7-8-20/h4-6,9-15,20-21H,3,7-8H2,1-2H3,(H,28,32). The predicted octanol–water partition coefficient (Wildman–Crippen LogP) is 3.48. The Balaban J connectivity index is 1.35. The number of carbonyl (C=O) groups is 1. The molecule has 5 rings (SSSR count). The number of hydrogen-bond donors (Lipinski definition) is 1. The number of anilines is 1. The normalized spacial score (nSPS) is 17.9. The second kappa shape index (κ2) is 8.37. The van der Waals surface area contributed by atoms with E-state index >= 15 is 0 Å². The molecule has 1 unspecified atom stereocenters. The molecule has 2 aromatic heterocycles. The second-order valence-corrected chi connectivity index (χ2v) is 8.15. The van der Waals surface area contributed by atoms with Crippen molar-refractivity contribution in [2.24, 2.45) is 0 Å². The van der Waals surface area contributed by atoms with Crippen LogP contribution in [0.4, 0.5) is 5.69 Å². The van der Waals surface area contributed by atoms with Gasteiger partial charge in [-0.25, -0.2) is 9.97 Å².